The van der Waals surface area contributed by atoms with E-state index in [1.54, 1.807) is 0 Å². The first-order chi connectivity index (χ1) is 4.70. The summed E-state index contributed by atoms with van der Waals surface area (Å²) in [6.45, 7) is 3.35. The summed E-state index contributed by atoms with van der Waals surface area (Å²) in [6.07, 6.45) is 0. The molecule has 0 atom stereocenters. The maximum absolute atomic E-state index is 10.5. The van der Waals surface area contributed by atoms with E-state index < -0.39 is 0 Å². The monoisotopic (exact) mass is 155 g/mol. The highest BCUT2D eigenvalue weighted by molar-refractivity contribution is 7.09. The van der Waals surface area contributed by atoms with Gasteiger partial charge in [0.2, 0.25) is 5.91 Å². The maximum atomic E-state index is 10.5. The summed E-state index contributed by atoms with van der Waals surface area (Å²) in [6, 6.07) is 0. The zero-order valence-electron chi connectivity index (χ0n) is 5.76. The van der Waals surface area contributed by atoms with Crippen LogP contribution in [0, 0.1) is 12.4 Å². The Morgan fingerprint density at radius 2 is 2.50 bits per heavy atom. The van der Waals surface area contributed by atoms with Gasteiger partial charge in [0.25, 0.3) is 0 Å². The number of aromatic nitrogens is 1. The van der Waals surface area contributed by atoms with Crippen molar-refractivity contribution in [3.05, 3.63) is 10.4 Å². The van der Waals surface area contributed by atoms with E-state index in [0.717, 1.165) is 4.88 Å². The van der Waals surface area contributed by atoms with Gasteiger partial charge in [-0.1, -0.05) is 0 Å². The SMILES string of the molecule is CC(=O)Nc1n[c]sc1C. The van der Waals surface area contributed by atoms with E-state index in [2.05, 4.69) is 15.8 Å². The van der Waals surface area contributed by atoms with Crippen molar-refractivity contribution in [2.75, 3.05) is 5.32 Å². The Labute approximate surface area is 63.1 Å². The number of nitrogens with zero attached hydrogens (tertiary/aromatic N) is 1. The Hall–Kier alpha value is -0.900. The van der Waals surface area contributed by atoms with Gasteiger partial charge in [0.1, 0.15) is 5.82 Å². The van der Waals surface area contributed by atoms with Gasteiger partial charge in [-0.25, -0.2) is 4.98 Å². The molecule has 1 radical (unpaired) electrons. The summed E-state index contributed by atoms with van der Waals surface area (Å²) in [7, 11) is 0. The summed E-state index contributed by atoms with van der Waals surface area (Å²) in [5.41, 5.74) is 2.68. The smallest absolute Gasteiger partial charge is 0.222 e. The Balaban J connectivity index is 2.74. The molecule has 0 saturated carbocycles. The Morgan fingerprint density at radius 1 is 1.80 bits per heavy atom. The first-order valence-electron chi connectivity index (χ1n) is 2.81. The number of anilines is 1. The summed E-state index contributed by atoms with van der Waals surface area (Å²) in [5.74, 6) is 0.528. The lowest BCUT2D eigenvalue weighted by Gasteiger charge is -1.95. The van der Waals surface area contributed by atoms with Crippen LogP contribution in [0.5, 0.6) is 0 Å². The minimum absolute atomic E-state index is 0.0950. The fourth-order valence-corrected chi connectivity index (χ4v) is 1.01. The molecule has 0 aromatic carbocycles. The molecule has 53 valence electrons. The van der Waals surface area contributed by atoms with Crippen molar-refractivity contribution in [2.24, 2.45) is 0 Å². The molecule has 4 heteroatoms. The molecule has 0 saturated heterocycles. The molecule has 1 heterocycles. The molecule has 0 aliphatic rings. The number of carbonyl (C=O) groups excluding carboxylic acids is 1. The highest BCUT2D eigenvalue weighted by Gasteiger charge is 2.01. The Bertz CT molecular complexity index is 244. The summed E-state index contributed by atoms with van der Waals surface area (Å²) < 4.78 is 0. The average Bonchev–Trinajstić information content (AvgIpc) is 2.15. The topological polar surface area (TPSA) is 42.0 Å². The van der Waals surface area contributed by atoms with Crippen LogP contribution in [0.3, 0.4) is 0 Å². The molecule has 1 aromatic heterocycles. The first-order valence-corrected chi connectivity index (χ1v) is 3.63. The third kappa shape index (κ3) is 1.54. The average molecular weight is 155 g/mol. The fraction of sp³-hybridized carbons (Fsp3) is 0.333. The van der Waals surface area contributed by atoms with Gasteiger partial charge in [0, 0.05) is 11.8 Å². The lowest BCUT2D eigenvalue weighted by atomic mass is 10.5. The molecule has 0 bridgehead atoms. The van der Waals surface area contributed by atoms with Crippen LogP contribution in [0.1, 0.15) is 11.8 Å². The zero-order chi connectivity index (χ0) is 7.56. The molecule has 10 heavy (non-hydrogen) atoms. The van der Waals surface area contributed by atoms with Gasteiger partial charge >= 0.3 is 0 Å². The van der Waals surface area contributed by atoms with Crippen molar-refractivity contribution in [3.63, 3.8) is 0 Å². The van der Waals surface area contributed by atoms with Gasteiger partial charge in [-0.05, 0) is 6.92 Å². The molecule has 0 unspecified atom stereocenters. The normalized spacial score (nSPS) is 9.40. The lowest BCUT2D eigenvalue weighted by molar-refractivity contribution is -0.114. The van der Waals surface area contributed by atoms with Crippen LogP contribution in [0.2, 0.25) is 0 Å². The van der Waals surface area contributed by atoms with Crippen LogP contribution in [0.4, 0.5) is 5.82 Å². The van der Waals surface area contributed by atoms with E-state index in [1.165, 1.54) is 18.3 Å². The molecule has 0 fully saturated rings. The van der Waals surface area contributed by atoms with Gasteiger partial charge in [0.15, 0.2) is 5.51 Å². The van der Waals surface area contributed by atoms with Crippen molar-refractivity contribution in [1.82, 2.24) is 4.98 Å². The quantitative estimate of drug-likeness (QED) is 0.662. The van der Waals surface area contributed by atoms with Crippen LogP contribution >= 0.6 is 11.3 Å². The number of nitrogens with one attached hydrogen (secondary N) is 1. The van der Waals surface area contributed by atoms with E-state index in [-0.39, 0.29) is 5.91 Å². The molecule has 0 aliphatic heterocycles. The molecule has 0 aliphatic carbocycles. The minimum atomic E-state index is -0.0950. The maximum Gasteiger partial charge on any atom is 0.222 e. The van der Waals surface area contributed by atoms with Gasteiger partial charge < -0.3 is 5.32 Å². The standard InChI is InChI=1S/C6H7N2OS/c1-4-6(7-3-10-4)8-5(2)9/h1-2H3,(H,8,9). The summed E-state index contributed by atoms with van der Waals surface area (Å²) in [5, 5.41) is 2.58. The highest BCUT2D eigenvalue weighted by Crippen LogP contribution is 2.15. The van der Waals surface area contributed by atoms with Crippen molar-refractivity contribution >= 4 is 23.1 Å². The van der Waals surface area contributed by atoms with Crippen LogP contribution in [0.25, 0.3) is 0 Å². The van der Waals surface area contributed by atoms with Gasteiger partial charge in [-0.2, -0.15) is 0 Å². The number of thiazole rings is 1. The Kier molecular flexibility index (Phi) is 2.01. The number of hydrogen-bond acceptors (Lipinski definition) is 3. The highest BCUT2D eigenvalue weighted by atomic mass is 32.1. The predicted molar refractivity (Wildman–Crippen MR) is 40.0 cm³/mol. The van der Waals surface area contributed by atoms with Gasteiger partial charge in [-0.15, -0.1) is 11.3 Å². The van der Waals surface area contributed by atoms with E-state index in [1.807, 2.05) is 6.92 Å². The van der Waals surface area contributed by atoms with E-state index in [0.29, 0.717) is 5.82 Å². The van der Waals surface area contributed by atoms with E-state index in [4.69, 9.17) is 0 Å². The number of rotatable bonds is 1. The molecule has 1 rings (SSSR count). The third-order valence-electron chi connectivity index (χ3n) is 0.984. The van der Waals surface area contributed by atoms with Gasteiger partial charge in [0.05, 0.1) is 0 Å². The fourth-order valence-electron chi connectivity index (χ4n) is 0.547. The molecule has 0 spiro atoms. The third-order valence-corrected chi connectivity index (χ3v) is 1.67. The van der Waals surface area contributed by atoms with Crippen molar-refractivity contribution in [1.29, 1.82) is 0 Å². The summed E-state index contributed by atoms with van der Waals surface area (Å²) in [4.78, 5) is 15.3. The van der Waals surface area contributed by atoms with Crippen molar-refractivity contribution in [2.45, 2.75) is 13.8 Å². The lowest BCUT2D eigenvalue weighted by Crippen LogP contribution is -2.06. The Morgan fingerprint density at radius 3 is 2.90 bits per heavy atom. The second-order valence-electron chi connectivity index (χ2n) is 1.89. The molecule has 3 nitrogen and oxygen atoms in total. The van der Waals surface area contributed by atoms with Crippen LogP contribution < -0.4 is 5.32 Å². The largest absolute Gasteiger partial charge is 0.310 e. The predicted octanol–water partition coefficient (Wildman–Crippen LogP) is 1.21. The molecule has 1 amide bonds. The van der Waals surface area contributed by atoms with Gasteiger partial charge in [-0.3, -0.25) is 4.79 Å². The number of hydrogen-bond donors (Lipinski definition) is 1. The number of aryl methyl sites for hydroxylation is 1. The van der Waals surface area contributed by atoms with Crippen molar-refractivity contribution in [3.8, 4) is 0 Å². The van der Waals surface area contributed by atoms with Crippen LogP contribution in [-0.2, 0) is 4.79 Å². The van der Waals surface area contributed by atoms with E-state index in [9.17, 15) is 4.79 Å². The van der Waals surface area contributed by atoms with Crippen LogP contribution in [0.15, 0.2) is 0 Å². The molecule has 1 N–H and O–H groups in total. The first kappa shape index (κ1) is 7.21. The number of amides is 1. The molecule has 1 aromatic rings. The van der Waals surface area contributed by atoms with E-state index >= 15 is 0 Å². The second-order valence-corrected chi connectivity index (χ2v) is 2.89. The molecular weight excluding hydrogens is 148 g/mol. The second kappa shape index (κ2) is 2.79. The zero-order valence-corrected chi connectivity index (χ0v) is 6.58. The summed E-state index contributed by atoms with van der Waals surface area (Å²) >= 11 is 1.40. The minimum Gasteiger partial charge on any atom is -0.310 e. The van der Waals surface area contributed by atoms with Crippen LogP contribution in [-0.4, -0.2) is 10.9 Å². The number of carbonyl (C=O) groups is 1. The molecular formula is C6H7N2OS. The van der Waals surface area contributed by atoms with Crippen molar-refractivity contribution < 1.29 is 4.79 Å².